The molecule has 3 rings (SSSR count). The van der Waals surface area contributed by atoms with Crippen molar-refractivity contribution < 1.29 is 14.0 Å². The van der Waals surface area contributed by atoms with E-state index in [0.717, 1.165) is 12.3 Å². The van der Waals surface area contributed by atoms with Crippen LogP contribution in [0.2, 0.25) is 0 Å². The molecule has 0 spiro atoms. The van der Waals surface area contributed by atoms with Crippen LogP contribution in [-0.4, -0.2) is 31.1 Å². The Kier molecular flexibility index (Phi) is 3.23. The van der Waals surface area contributed by atoms with Crippen molar-refractivity contribution in [3.05, 3.63) is 60.2 Å². The fraction of sp³-hybridized carbons (Fsp3) is 0.0714. The Balaban J connectivity index is 1.85. The maximum absolute atomic E-state index is 13.0. The molecule has 3 heterocycles. The Labute approximate surface area is 118 Å². The molecule has 0 atom stereocenters. The summed E-state index contributed by atoms with van der Waals surface area (Å²) in [5, 5.41) is 4.01. The van der Waals surface area contributed by atoms with E-state index in [1.165, 1.54) is 29.3 Å². The SMILES string of the molecule is O=C(CC(=O)c1cnn2ccncc12)c1cncc(F)c1. The fourth-order valence-electron chi connectivity index (χ4n) is 1.96. The minimum absolute atomic E-state index is 0.0675. The van der Waals surface area contributed by atoms with Crippen molar-refractivity contribution in [3.63, 3.8) is 0 Å². The van der Waals surface area contributed by atoms with Crippen molar-refractivity contribution in [3.8, 4) is 0 Å². The zero-order valence-corrected chi connectivity index (χ0v) is 10.7. The Bertz CT molecular complexity index is 844. The smallest absolute Gasteiger partial charge is 0.174 e. The van der Waals surface area contributed by atoms with Crippen molar-refractivity contribution in [1.82, 2.24) is 19.6 Å². The number of fused-ring (bicyclic) bond motifs is 1. The molecule has 6 nitrogen and oxygen atoms in total. The summed E-state index contributed by atoms with van der Waals surface area (Å²) in [5.41, 5.74) is 0.895. The van der Waals surface area contributed by atoms with Crippen molar-refractivity contribution >= 4 is 17.1 Å². The Morgan fingerprint density at radius 2 is 1.95 bits per heavy atom. The number of Topliss-reactive ketones (excluding diaryl/α,β-unsaturated/α-hetero) is 2. The lowest BCUT2D eigenvalue weighted by Crippen LogP contribution is -2.09. The van der Waals surface area contributed by atoms with Gasteiger partial charge in [-0.3, -0.25) is 19.6 Å². The van der Waals surface area contributed by atoms with Gasteiger partial charge in [0.25, 0.3) is 0 Å². The molecule has 0 aliphatic carbocycles. The van der Waals surface area contributed by atoms with Crippen LogP contribution >= 0.6 is 0 Å². The van der Waals surface area contributed by atoms with Crippen LogP contribution in [0.4, 0.5) is 4.39 Å². The van der Waals surface area contributed by atoms with E-state index in [4.69, 9.17) is 0 Å². The zero-order chi connectivity index (χ0) is 14.8. The number of rotatable bonds is 4. The summed E-state index contributed by atoms with van der Waals surface area (Å²) >= 11 is 0. The lowest BCUT2D eigenvalue weighted by molar-refractivity contribution is 0.0894. The highest BCUT2D eigenvalue weighted by molar-refractivity contribution is 6.15. The van der Waals surface area contributed by atoms with E-state index in [1.54, 1.807) is 6.20 Å². The van der Waals surface area contributed by atoms with Crippen molar-refractivity contribution in [2.45, 2.75) is 6.42 Å². The molecule has 3 aromatic heterocycles. The lowest BCUT2D eigenvalue weighted by atomic mass is 10.0. The summed E-state index contributed by atoms with van der Waals surface area (Å²) in [6.07, 6.45) is 7.88. The number of carbonyl (C=O) groups is 2. The van der Waals surface area contributed by atoms with Crippen molar-refractivity contribution in [2.75, 3.05) is 0 Å². The third-order valence-corrected chi connectivity index (χ3v) is 2.97. The second kappa shape index (κ2) is 5.20. The van der Waals surface area contributed by atoms with Gasteiger partial charge in [0.2, 0.25) is 0 Å². The third kappa shape index (κ3) is 2.53. The molecule has 7 heteroatoms. The van der Waals surface area contributed by atoms with Crippen LogP contribution in [0.15, 0.2) is 43.2 Å². The molecule has 0 unspecified atom stereocenters. The number of hydrogen-bond donors (Lipinski definition) is 0. The van der Waals surface area contributed by atoms with E-state index >= 15 is 0 Å². The monoisotopic (exact) mass is 284 g/mol. The first kappa shape index (κ1) is 13.0. The van der Waals surface area contributed by atoms with Gasteiger partial charge in [0.1, 0.15) is 5.82 Å². The lowest BCUT2D eigenvalue weighted by Gasteiger charge is -2.00. The minimum Gasteiger partial charge on any atom is -0.294 e. The Morgan fingerprint density at radius 3 is 2.76 bits per heavy atom. The van der Waals surface area contributed by atoms with Gasteiger partial charge >= 0.3 is 0 Å². The van der Waals surface area contributed by atoms with Gasteiger partial charge in [-0.1, -0.05) is 0 Å². The highest BCUT2D eigenvalue weighted by Crippen LogP contribution is 2.13. The standard InChI is InChI=1S/C14H9FN4O2/c15-10-3-9(5-17-6-10)13(20)4-14(21)11-7-18-19-2-1-16-8-12(11)19/h1-3,5-8H,4H2. The summed E-state index contributed by atoms with van der Waals surface area (Å²) in [6, 6.07) is 1.06. The number of nitrogens with zero attached hydrogens (tertiary/aromatic N) is 4. The maximum Gasteiger partial charge on any atom is 0.174 e. The van der Waals surface area contributed by atoms with E-state index < -0.39 is 17.4 Å². The molecule has 0 saturated carbocycles. The average molecular weight is 284 g/mol. The van der Waals surface area contributed by atoms with Gasteiger partial charge in [0, 0.05) is 24.2 Å². The number of carbonyl (C=O) groups excluding carboxylic acids is 2. The van der Waals surface area contributed by atoms with E-state index in [0.29, 0.717) is 11.1 Å². The van der Waals surface area contributed by atoms with Gasteiger partial charge in [-0.05, 0) is 6.07 Å². The highest BCUT2D eigenvalue weighted by atomic mass is 19.1. The maximum atomic E-state index is 13.0. The van der Waals surface area contributed by atoms with Crippen LogP contribution in [0.25, 0.3) is 5.52 Å². The van der Waals surface area contributed by atoms with Crippen LogP contribution in [0.3, 0.4) is 0 Å². The Hall–Kier alpha value is -2.96. The number of pyridine rings is 1. The summed E-state index contributed by atoms with van der Waals surface area (Å²) in [7, 11) is 0. The molecule has 3 aromatic rings. The van der Waals surface area contributed by atoms with Crippen LogP contribution in [0, 0.1) is 5.82 Å². The molecule has 0 amide bonds. The second-order valence-electron chi connectivity index (χ2n) is 4.38. The minimum atomic E-state index is -0.617. The van der Waals surface area contributed by atoms with Gasteiger partial charge in [-0.25, -0.2) is 8.91 Å². The predicted octanol–water partition coefficient (Wildman–Crippen LogP) is 1.72. The molecule has 0 N–H and O–H groups in total. The van der Waals surface area contributed by atoms with Crippen LogP contribution in [0.1, 0.15) is 27.1 Å². The molecule has 0 bridgehead atoms. The zero-order valence-electron chi connectivity index (χ0n) is 10.7. The van der Waals surface area contributed by atoms with Gasteiger partial charge in [-0.15, -0.1) is 0 Å². The largest absolute Gasteiger partial charge is 0.294 e. The first-order valence-electron chi connectivity index (χ1n) is 6.09. The molecular weight excluding hydrogens is 275 g/mol. The molecule has 0 aliphatic heterocycles. The van der Waals surface area contributed by atoms with Crippen molar-refractivity contribution in [1.29, 1.82) is 0 Å². The fourth-order valence-corrected chi connectivity index (χ4v) is 1.96. The molecule has 0 aliphatic rings. The van der Waals surface area contributed by atoms with Crippen LogP contribution in [-0.2, 0) is 0 Å². The quantitative estimate of drug-likeness (QED) is 0.538. The van der Waals surface area contributed by atoms with E-state index in [2.05, 4.69) is 15.1 Å². The molecule has 0 radical (unpaired) electrons. The number of aromatic nitrogens is 4. The van der Waals surface area contributed by atoms with Crippen LogP contribution in [0.5, 0.6) is 0 Å². The normalized spacial score (nSPS) is 10.7. The summed E-state index contributed by atoms with van der Waals surface area (Å²) in [5.74, 6) is -1.50. The first-order valence-corrected chi connectivity index (χ1v) is 6.09. The number of ketones is 2. The topological polar surface area (TPSA) is 77.2 Å². The number of hydrogen-bond acceptors (Lipinski definition) is 5. The van der Waals surface area contributed by atoms with Gasteiger partial charge in [-0.2, -0.15) is 5.10 Å². The van der Waals surface area contributed by atoms with E-state index in [-0.39, 0.29) is 12.0 Å². The highest BCUT2D eigenvalue weighted by Gasteiger charge is 2.18. The van der Waals surface area contributed by atoms with E-state index in [9.17, 15) is 14.0 Å². The third-order valence-electron chi connectivity index (χ3n) is 2.97. The van der Waals surface area contributed by atoms with E-state index in [1.807, 2.05) is 0 Å². The molecule has 104 valence electrons. The molecule has 0 aromatic carbocycles. The average Bonchev–Trinajstić information content (AvgIpc) is 2.91. The van der Waals surface area contributed by atoms with Crippen LogP contribution < -0.4 is 0 Å². The first-order chi connectivity index (χ1) is 10.1. The van der Waals surface area contributed by atoms with Gasteiger partial charge in [0.15, 0.2) is 11.6 Å². The molecule has 0 fully saturated rings. The second-order valence-corrected chi connectivity index (χ2v) is 4.38. The molecular formula is C14H9FN4O2. The summed E-state index contributed by atoms with van der Waals surface area (Å²) in [6.45, 7) is 0. The predicted molar refractivity (Wildman–Crippen MR) is 70.5 cm³/mol. The van der Waals surface area contributed by atoms with Crippen molar-refractivity contribution in [2.24, 2.45) is 0 Å². The summed E-state index contributed by atoms with van der Waals surface area (Å²) in [4.78, 5) is 31.7. The van der Waals surface area contributed by atoms with Gasteiger partial charge < -0.3 is 0 Å². The molecule has 0 saturated heterocycles. The summed E-state index contributed by atoms with van der Waals surface area (Å²) < 4.78 is 14.5. The molecule has 21 heavy (non-hydrogen) atoms. The Morgan fingerprint density at radius 1 is 1.10 bits per heavy atom. The van der Waals surface area contributed by atoms with Gasteiger partial charge in [0.05, 0.1) is 36.1 Å². The number of halogens is 1.